The van der Waals surface area contributed by atoms with Gasteiger partial charge in [-0.1, -0.05) is 28.1 Å². The molecule has 0 amide bonds. The molecule has 1 aromatic carbocycles. The van der Waals surface area contributed by atoms with Crippen LogP contribution in [0.15, 0.2) is 35.1 Å². The number of rotatable bonds is 3. The van der Waals surface area contributed by atoms with E-state index in [2.05, 4.69) is 42.9 Å². The summed E-state index contributed by atoms with van der Waals surface area (Å²) in [4.78, 5) is 15.4. The zero-order valence-corrected chi connectivity index (χ0v) is 12.3. The second kappa shape index (κ2) is 5.38. The van der Waals surface area contributed by atoms with Crippen LogP contribution < -0.4 is 5.32 Å². The van der Waals surface area contributed by atoms with Crippen LogP contribution in [0.2, 0.25) is 0 Å². The van der Waals surface area contributed by atoms with Crippen molar-refractivity contribution in [3.05, 3.63) is 52.0 Å². The smallest absolute Gasteiger partial charge is 0.321 e. The van der Waals surface area contributed by atoms with Gasteiger partial charge in [-0.2, -0.15) is 0 Å². The molecule has 0 radical (unpaired) electrons. The Kier molecular flexibility index (Phi) is 3.58. The van der Waals surface area contributed by atoms with E-state index in [1.54, 1.807) is 6.33 Å². The topological polar surface area (TPSA) is 67.1 Å². The van der Waals surface area contributed by atoms with Gasteiger partial charge in [0.15, 0.2) is 0 Å². The second-order valence-corrected chi connectivity index (χ2v) is 5.79. The highest BCUT2D eigenvalue weighted by molar-refractivity contribution is 9.10. The summed E-state index contributed by atoms with van der Waals surface area (Å²) < 4.78 is 3.12. The third-order valence-corrected chi connectivity index (χ3v) is 3.98. The minimum Gasteiger partial charge on any atom is -0.480 e. The Bertz CT molecular complexity index is 654. The first-order chi connectivity index (χ1) is 9.63. The Morgan fingerprint density at radius 2 is 2.40 bits per heavy atom. The van der Waals surface area contributed by atoms with Crippen LogP contribution in [0.25, 0.3) is 0 Å². The molecule has 0 fully saturated rings. The van der Waals surface area contributed by atoms with Gasteiger partial charge in [-0.3, -0.25) is 10.1 Å². The number of carbonyl (C=O) groups is 1. The molecular formula is C14H14BrN3O2. The molecule has 2 heterocycles. The minimum atomic E-state index is -0.822. The van der Waals surface area contributed by atoms with Gasteiger partial charge in [-0.15, -0.1) is 0 Å². The van der Waals surface area contributed by atoms with Gasteiger partial charge in [0, 0.05) is 24.0 Å². The zero-order chi connectivity index (χ0) is 14.1. The fraction of sp³-hybridized carbons (Fsp3) is 0.286. The van der Waals surface area contributed by atoms with Gasteiger partial charge >= 0.3 is 5.97 Å². The predicted molar refractivity (Wildman–Crippen MR) is 77.4 cm³/mol. The average Bonchev–Trinajstić information content (AvgIpc) is 2.81. The van der Waals surface area contributed by atoms with Crippen molar-refractivity contribution in [2.45, 2.75) is 25.6 Å². The first-order valence-corrected chi connectivity index (χ1v) is 7.16. The summed E-state index contributed by atoms with van der Waals surface area (Å²) in [5, 5.41) is 12.1. The lowest BCUT2D eigenvalue weighted by Crippen LogP contribution is -2.42. The van der Waals surface area contributed by atoms with Crippen LogP contribution in [0.1, 0.15) is 17.0 Å². The molecule has 20 heavy (non-hydrogen) atoms. The molecule has 104 valence electrons. The van der Waals surface area contributed by atoms with Gasteiger partial charge in [0.05, 0.1) is 17.7 Å². The van der Waals surface area contributed by atoms with E-state index < -0.39 is 12.0 Å². The standard InChI is InChI=1S/C14H14BrN3O2/c15-10-3-1-2-9(4-10)7-18-8-17-11-5-12(14(19)20)16-6-13(11)18/h1-4,8,12,16H,5-7H2,(H,19,20). The van der Waals surface area contributed by atoms with Gasteiger partial charge in [0.2, 0.25) is 0 Å². The minimum absolute atomic E-state index is 0.441. The molecule has 0 bridgehead atoms. The molecule has 2 N–H and O–H groups in total. The van der Waals surface area contributed by atoms with E-state index in [0.29, 0.717) is 13.0 Å². The summed E-state index contributed by atoms with van der Waals surface area (Å²) in [6, 6.07) is 7.60. The van der Waals surface area contributed by atoms with E-state index in [4.69, 9.17) is 5.11 Å². The number of fused-ring (bicyclic) bond motifs is 1. The fourth-order valence-corrected chi connectivity index (χ4v) is 2.90. The van der Waals surface area contributed by atoms with Gasteiger partial charge in [-0.25, -0.2) is 4.98 Å². The number of carboxylic acids is 1. The Morgan fingerprint density at radius 3 is 3.15 bits per heavy atom. The van der Waals surface area contributed by atoms with Gasteiger partial charge in [0.25, 0.3) is 0 Å². The normalized spacial score (nSPS) is 17.8. The zero-order valence-electron chi connectivity index (χ0n) is 10.7. The molecule has 1 aromatic heterocycles. The predicted octanol–water partition coefficient (Wildman–Crippen LogP) is 1.79. The van der Waals surface area contributed by atoms with Crippen molar-refractivity contribution in [1.29, 1.82) is 0 Å². The van der Waals surface area contributed by atoms with Crippen molar-refractivity contribution < 1.29 is 9.90 Å². The molecular weight excluding hydrogens is 322 g/mol. The molecule has 6 heteroatoms. The molecule has 5 nitrogen and oxygen atoms in total. The maximum Gasteiger partial charge on any atom is 0.321 e. The summed E-state index contributed by atoms with van der Waals surface area (Å²) in [5.41, 5.74) is 3.13. The monoisotopic (exact) mass is 335 g/mol. The van der Waals surface area contributed by atoms with E-state index in [1.165, 1.54) is 5.56 Å². The Labute approximate surface area is 124 Å². The number of halogens is 1. The lowest BCUT2D eigenvalue weighted by Gasteiger charge is -2.21. The largest absolute Gasteiger partial charge is 0.480 e. The quantitative estimate of drug-likeness (QED) is 0.897. The molecule has 1 aliphatic heterocycles. The number of carboxylic acid groups (broad SMARTS) is 1. The number of nitrogens with zero attached hydrogens (tertiary/aromatic N) is 2. The van der Waals surface area contributed by atoms with Gasteiger partial charge < -0.3 is 9.67 Å². The van der Waals surface area contributed by atoms with Crippen LogP contribution in [0.3, 0.4) is 0 Å². The highest BCUT2D eigenvalue weighted by Gasteiger charge is 2.26. The number of imidazole rings is 1. The van der Waals surface area contributed by atoms with Crippen molar-refractivity contribution >= 4 is 21.9 Å². The van der Waals surface area contributed by atoms with E-state index in [0.717, 1.165) is 22.4 Å². The van der Waals surface area contributed by atoms with E-state index in [9.17, 15) is 4.79 Å². The Morgan fingerprint density at radius 1 is 1.55 bits per heavy atom. The molecule has 0 spiro atoms. The molecule has 0 saturated heterocycles. The number of benzene rings is 1. The first-order valence-electron chi connectivity index (χ1n) is 6.37. The van der Waals surface area contributed by atoms with Crippen molar-refractivity contribution in [1.82, 2.24) is 14.9 Å². The van der Waals surface area contributed by atoms with Gasteiger partial charge in [-0.05, 0) is 17.7 Å². The Hall–Kier alpha value is -1.66. The maximum absolute atomic E-state index is 11.0. The van der Waals surface area contributed by atoms with Crippen LogP contribution in [-0.2, 0) is 24.3 Å². The van der Waals surface area contributed by atoms with E-state index in [-0.39, 0.29) is 0 Å². The van der Waals surface area contributed by atoms with Crippen LogP contribution in [0.4, 0.5) is 0 Å². The average molecular weight is 336 g/mol. The Balaban J connectivity index is 1.82. The molecule has 1 atom stereocenters. The van der Waals surface area contributed by atoms with Crippen molar-refractivity contribution in [2.75, 3.05) is 0 Å². The van der Waals surface area contributed by atoms with Crippen LogP contribution in [-0.4, -0.2) is 26.7 Å². The summed E-state index contributed by atoms with van der Waals surface area (Å²) in [5.74, 6) is -0.822. The van der Waals surface area contributed by atoms with Crippen molar-refractivity contribution in [3.8, 4) is 0 Å². The molecule has 0 aliphatic carbocycles. The van der Waals surface area contributed by atoms with Crippen LogP contribution in [0.5, 0.6) is 0 Å². The highest BCUT2D eigenvalue weighted by atomic mass is 79.9. The number of nitrogens with one attached hydrogen (secondary N) is 1. The number of aromatic nitrogens is 2. The molecule has 3 rings (SSSR count). The number of aliphatic carboxylic acids is 1. The first kappa shape index (κ1) is 13.3. The maximum atomic E-state index is 11.0. The van der Waals surface area contributed by atoms with E-state index in [1.807, 2.05) is 12.1 Å². The summed E-state index contributed by atoms with van der Waals surface area (Å²) in [6.45, 7) is 1.28. The third kappa shape index (κ3) is 2.62. The molecule has 1 unspecified atom stereocenters. The van der Waals surface area contributed by atoms with Crippen molar-refractivity contribution in [2.24, 2.45) is 0 Å². The van der Waals surface area contributed by atoms with Gasteiger partial charge in [0.1, 0.15) is 6.04 Å². The highest BCUT2D eigenvalue weighted by Crippen LogP contribution is 2.18. The summed E-state index contributed by atoms with van der Waals surface area (Å²) >= 11 is 3.46. The number of hydrogen-bond donors (Lipinski definition) is 2. The third-order valence-electron chi connectivity index (χ3n) is 3.49. The lowest BCUT2D eigenvalue weighted by molar-refractivity contribution is -0.139. The van der Waals surface area contributed by atoms with Crippen LogP contribution >= 0.6 is 15.9 Å². The molecule has 2 aromatic rings. The SMILES string of the molecule is O=C(O)C1Cc2ncn(Cc3cccc(Br)c3)c2CN1. The van der Waals surface area contributed by atoms with Crippen LogP contribution in [0, 0.1) is 0 Å². The molecule has 1 aliphatic rings. The molecule has 0 saturated carbocycles. The number of hydrogen-bond acceptors (Lipinski definition) is 3. The van der Waals surface area contributed by atoms with Crippen molar-refractivity contribution in [3.63, 3.8) is 0 Å². The fourth-order valence-electron chi connectivity index (χ4n) is 2.45. The lowest BCUT2D eigenvalue weighted by atomic mass is 10.1. The summed E-state index contributed by atoms with van der Waals surface area (Å²) in [6.07, 6.45) is 2.23. The van der Waals surface area contributed by atoms with E-state index >= 15 is 0 Å². The second-order valence-electron chi connectivity index (χ2n) is 4.87. The summed E-state index contributed by atoms with van der Waals surface area (Å²) in [7, 11) is 0.